The molecule has 0 fully saturated rings. The second-order valence-corrected chi connectivity index (χ2v) is 5.43. The molecule has 0 amide bonds. The lowest BCUT2D eigenvalue weighted by Gasteiger charge is -2.02. The molecule has 1 nitrogen and oxygen atoms in total. The van der Waals surface area contributed by atoms with Crippen molar-refractivity contribution in [3.63, 3.8) is 0 Å². The number of rotatable bonds is 5. The molecule has 0 aliphatic carbocycles. The topological polar surface area (TPSA) is 17.1 Å². The Morgan fingerprint density at radius 1 is 1.00 bits per heavy atom. The van der Waals surface area contributed by atoms with Crippen LogP contribution in [0.3, 0.4) is 0 Å². The van der Waals surface area contributed by atoms with Gasteiger partial charge in [0.15, 0.2) is 0 Å². The molecule has 0 spiro atoms. The van der Waals surface area contributed by atoms with Crippen molar-refractivity contribution in [1.82, 2.24) is 0 Å². The molecular formula is C15H13ClOS. The van der Waals surface area contributed by atoms with E-state index >= 15 is 0 Å². The normalized spacial score (nSPS) is 10.3. The Kier molecular flexibility index (Phi) is 4.85. The fourth-order valence-corrected chi connectivity index (χ4v) is 2.45. The van der Waals surface area contributed by atoms with Crippen LogP contribution in [0.1, 0.15) is 5.56 Å². The lowest BCUT2D eigenvalue weighted by atomic mass is 10.1. The molecule has 0 bridgehead atoms. The first-order valence-corrected chi connectivity index (χ1v) is 7.04. The maximum atomic E-state index is 11.8. The van der Waals surface area contributed by atoms with Gasteiger partial charge in [-0.2, -0.15) is 0 Å². The van der Waals surface area contributed by atoms with Crippen molar-refractivity contribution in [1.29, 1.82) is 0 Å². The number of ketones is 1. The molecule has 0 saturated heterocycles. The van der Waals surface area contributed by atoms with Crippen LogP contribution in [0.4, 0.5) is 0 Å². The van der Waals surface area contributed by atoms with E-state index in [9.17, 15) is 4.79 Å². The molecule has 0 radical (unpaired) electrons. The van der Waals surface area contributed by atoms with E-state index in [4.69, 9.17) is 11.6 Å². The van der Waals surface area contributed by atoms with Crippen LogP contribution in [0, 0.1) is 0 Å². The molecule has 0 aromatic heterocycles. The molecule has 2 rings (SSSR count). The van der Waals surface area contributed by atoms with Gasteiger partial charge >= 0.3 is 0 Å². The van der Waals surface area contributed by atoms with E-state index in [-0.39, 0.29) is 5.78 Å². The molecule has 0 unspecified atom stereocenters. The molecule has 92 valence electrons. The molecule has 0 saturated carbocycles. The van der Waals surface area contributed by atoms with E-state index in [1.54, 1.807) is 11.8 Å². The van der Waals surface area contributed by atoms with Crippen molar-refractivity contribution in [3.05, 3.63) is 65.2 Å². The van der Waals surface area contributed by atoms with Gasteiger partial charge in [0.2, 0.25) is 0 Å². The Balaban J connectivity index is 1.83. The molecule has 0 N–H and O–H groups in total. The van der Waals surface area contributed by atoms with Crippen LogP contribution in [-0.4, -0.2) is 11.5 Å². The van der Waals surface area contributed by atoms with Gasteiger partial charge in [-0.05, 0) is 29.8 Å². The monoisotopic (exact) mass is 276 g/mol. The third-order valence-corrected chi connectivity index (χ3v) is 3.78. The summed E-state index contributed by atoms with van der Waals surface area (Å²) < 4.78 is 0. The predicted octanol–water partition coefficient (Wildman–Crippen LogP) is 4.24. The average molecular weight is 277 g/mol. The highest BCUT2D eigenvalue weighted by Gasteiger charge is 2.04. The van der Waals surface area contributed by atoms with E-state index in [1.165, 1.54) is 0 Å². The van der Waals surface area contributed by atoms with E-state index in [2.05, 4.69) is 0 Å². The van der Waals surface area contributed by atoms with Crippen LogP contribution >= 0.6 is 23.4 Å². The first kappa shape index (κ1) is 13.2. The van der Waals surface area contributed by atoms with E-state index in [0.717, 1.165) is 15.5 Å². The molecule has 18 heavy (non-hydrogen) atoms. The summed E-state index contributed by atoms with van der Waals surface area (Å²) in [7, 11) is 0. The third-order valence-electron chi connectivity index (χ3n) is 2.46. The number of Topliss-reactive ketones (excluding diaryl/α,β-unsaturated/α-hetero) is 1. The third kappa shape index (κ3) is 4.21. The molecule has 0 heterocycles. The number of hydrogen-bond donors (Lipinski definition) is 0. The Morgan fingerprint density at radius 2 is 1.67 bits per heavy atom. The van der Waals surface area contributed by atoms with Crippen molar-refractivity contribution in [3.8, 4) is 0 Å². The van der Waals surface area contributed by atoms with Gasteiger partial charge in [-0.15, -0.1) is 11.8 Å². The van der Waals surface area contributed by atoms with Gasteiger partial charge in [0, 0.05) is 16.3 Å². The number of carbonyl (C=O) groups excluding carboxylic acids is 1. The van der Waals surface area contributed by atoms with Crippen LogP contribution in [0.2, 0.25) is 5.02 Å². The Morgan fingerprint density at radius 3 is 2.33 bits per heavy atom. The van der Waals surface area contributed by atoms with E-state index in [1.807, 2.05) is 54.6 Å². The standard InChI is InChI=1S/C15H13ClOS/c16-13-6-8-15(9-7-13)18-11-14(17)10-12-4-2-1-3-5-12/h1-9H,10-11H2. The van der Waals surface area contributed by atoms with Crippen LogP contribution in [0.5, 0.6) is 0 Å². The summed E-state index contributed by atoms with van der Waals surface area (Å²) in [6.45, 7) is 0. The maximum absolute atomic E-state index is 11.8. The second kappa shape index (κ2) is 6.62. The summed E-state index contributed by atoms with van der Waals surface area (Å²) in [5.41, 5.74) is 1.07. The minimum atomic E-state index is 0.237. The molecule has 0 aliphatic heterocycles. The SMILES string of the molecule is O=C(CSc1ccc(Cl)cc1)Cc1ccccc1. The highest BCUT2D eigenvalue weighted by Crippen LogP contribution is 2.20. The Hall–Kier alpha value is -1.25. The zero-order chi connectivity index (χ0) is 12.8. The molecule has 2 aromatic rings. The van der Waals surface area contributed by atoms with Crippen molar-refractivity contribution in [2.24, 2.45) is 0 Å². The first-order chi connectivity index (χ1) is 8.74. The summed E-state index contributed by atoms with van der Waals surface area (Å²) in [6.07, 6.45) is 0.501. The van der Waals surface area contributed by atoms with Gasteiger partial charge in [0.05, 0.1) is 5.75 Å². The van der Waals surface area contributed by atoms with Crippen LogP contribution in [-0.2, 0) is 11.2 Å². The molecule has 3 heteroatoms. The number of thioether (sulfide) groups is 1. The van der Waals surface area contributed by atoms with Crippen LogP contribution < -0.4 is 0 Å². The van der Waals surface area contributed by atoms with E-state index < -0.39 is 0 Å². The van der Waals surface area contributed by atoms with Crippen LogP contribution in [0.15, 0.2) is 59.5 Å². The maximum Gasteiger partial charge on any atom is 0.147 e. The van der Waals surface area contributed by atoms with E-state index in [0.29, 0.717) is 12.2 Å². The summed E-state index contributed by atoms with van der Waals surface area (Å²) in [6, 6.07) is 17.4. The average Bonchev–Trinajstić information content (AvgIpc) is 2.39. The molecule has 0 atom stereocenters. The van der Waals surface area contributed by atoms with Gasteiger partial charge in [-0.3, -0.25) is 4.79 Å². The predicted molar refractivity (Wildman–Crippen MR) is 77.3 cm³/mol. The zero-order valence-electron chi connectivity index (χ0n) is 9.80. The quantitative estimate of drug-likeness (QED) is 0.760. The summed E-state index contributed by atoms with van der Waals surface area (Å²) in [5.74, 6) is 0.734. The highest BCUT2D eigenvalue weighted by atomic mass is 35.5. The minimum absolute atomic E-state index is 0.237. The number of carbonyl (C=O) groups is 1. The summed E-state index contributed by atoms with van der Waals surface area (Å²) >= 11 is 7.35. The van der Waals surface area contributed by atoms with Crippen molar-refractivity contribution < 1.29 is 4.79 Å². The van der Waals surface area contributed by atoms with Gasteiger partial charge in [0.25, 0.3) is 0 Å². The van der Waals surface area contributed by atoms with Gasteiger partial charge in [0.1, 0.15) is 5.78 Å². The lowest BCUT2D eigenvalue weighted by molar-refractivity contribution is -0.116. The lowest BCUT2D eigenvalue weighted by Crippen LogP contribution is -2.05. The summed E-state index contributed by atoms with van der Waals surface area (Å²) in [5, 5.41) is 0.718. The number of halogens is 1. The van der Waals surface area contributed by atoms with Gasteiger partial charge < -0.3 is 0 Å². The molecular weight excluding hydrogens is 264 g/mol. The van der Waals surface area contributed by atoms with Crippen molar-refractivity contribution in [2.45, 2.75) is 11.3 Å². The summed E-state index contributed by atoms with van der Waals surface area (Å²) in [4.78, 5) is 12.9. The zero-order valence-corrected chi connectivity index (χ0v) is 11.4. The minimum Gasteiger partial charge on any atom is -0.298 e. The van der Waals surface area contributed by atoms with Crippen molar-refractivity contribution >= 4 is 29.1 Å². The Labute approximate surface area is 116 Å². The van der Waals surface area contributed by atoms with Crippen molar-refractivity contribution in [2.75, 3.05) is 5.75 Å². The van der Waals surface area contributed by atoms with Crippen LogP contribution in [0.25, 0.3) is 0 Å². The number of hydrogen-bond acceptors (Lipinski definition) is 2. The number of benzene rings is 2. The highest BCUT2D eigenvalue weighted by molar-refractivity contribution is 8.00. The smallest absolute Gasteiger partial charge is 0.147 e. The van der Waals surface area contributed by atoms with Gasteiger partial charge in [-0.1, -0.05) is 41.9 Å². The van der Waals surface area contributed by atoms with Gasteiger partial charge in [-0.25, -0.2) is 0 Å². The largest absolute Gasteiger partial charge is 0.298 e. The first-order valence-electron chi connectivity index (χ1n) is 5.68. The molecule has 2 aromatic carbocycles. The molecule has 0 aliphatic rings. The Bertz CT molecular complexity index is 508. The second-order valence-electron chi connectivity index (χ2n) is 3.94. The fourth-order valence-electron chi connectivity index (χ4n) is 1.57. The fraction of sp³-hybridized carbons (Fsp3) is 0.133.